The fourth-order valence-electron chi connectivity index (χ4n) is 3.03. The number of morpholine rings is 1. The molecule has 0 spiro atoms. The van der Waals surface area contributed by atoms with E-state index in [1.165, 1.54) is 0 Å². The van der Waals surface area contributed by atoms with E-state index in [0.717, 1.165) is 25.9 Å². The van der Waals surface area contributed by atoms with Gasteiger partial charge in [-0.2, -0.15) is 0 Å². The van der Waals surface area contributed by atoms with Crippen molar-refractivity contribution in [2.45, 2.75) is 38.9 Å². The molecule has 5 nitrogen and oxygen atoms in total. The van der Waals surface area contributed by atoms with Gasteiger partial charge in [0.1, 0.15) is 0 Å². The molecule has 0 aromatic rings. The Hall–Kier alpha value is -0.650. The van der Waals surface area contributed by atoms with Gasteiger partial charge in [-0.05, 0) is 26.3 Å². The number of ether oxygens (including phenoxy) is 1. The van der Waals surface area contributed by atoms with Gasteiger partial charge in [0.2, 0.25) is 5.91 Å². The van der Waals surface area contributed by atoms with Gasteiger partial charge in [0.25, 0.3) is 0 Å². The summed E-state index contributed by atoms with van der Waals surface area (Å²) in [7, 11) is 0. The second-order valence-electron chi connectivity index (χ2n) is 5.52. The maximum atomic E-state index is 12.7. The summed E-state index contributed by atoms with van der Waals surface area (Å²) in [4.78, 5) is 14.6. The molecule has 5 heteroatoms. The third kappa shape index (κ3) is 2.53. The third-order valence-electron chi connectivity index (χ3n) is 4.19. The van der Waals surface area contributed by atoms with Crippen LogP contribution in [0.1, 0.15) is 26.7 Å². The van der Waals surface area contributed by atoms with Crippen LogP contribution in [-0.4, -0.2) is 60.9 Å². The van der Waals surface area contributed by atoms with E-state index in [2.05, 4.69) is 12.2 Å². The Labute approximate surface area is 108 Å². The van der Waals surface area contributed by atoms with Crippen LogP contribution in [0.3, 0.4) is 0 Å². The minimum absolute atomic E-state index is 0.00289. The number of amides is 1. The summed E-state index contributed by atoms with van der Waals surface area (Å²) in [5, 5.41) is 12.5. The fraction of sp³-hybridized carbons (Fsp3) is 0.923. The molecule has 0 aliphatic carbocycles. The van der Waals surface area contributed by atoms with E-state index in [1.54, 1.807) is 0 Å². The van der Waals surface area contributed by atoms with Crippen molar-refractivity contribution in [2.75, 3.05) is 32.8 Å². The first-order valence-electron chi connectivity index (χ1n) is 6.87. The molecule has 2 aliphatic rings. The van der Waals surface area contributed by atoms with Crippen molar-refractivity contribution in [3.8, 4) is 0 Å². The number of carbonyl (C=O) groups excluding carboxylic acids is 1. The molecule has 3 unspecified atom stereocenters. The molecule has 0 saturated carbocycles. The van der Waals surface area contributed by atoms with Crippen LogP contribution >= 0.6 is 0 Å². The average molecular weight is 256 g/mol. The van der Waals surface area contributed by atoms with Gasteiger partial charge >= 0.3 is 0 Å². The highest BCUT2D eigenvalue weighted by Gasteiger charge is 2.43. The number of aliphatic hydroxyl groups is 1. The van der Waals surface area contributed by atoms with E-state index >= 15 is 0 Å². The lowest BCUT2D eigenvalue weighted by molar-refractivity contribution is -0.156. The van der Waals surface area contributed by atoms with Gasteiger partial charge in [0, 0.05) is 19.6 Å². The molecule has 104 valence electrons. The van der Waals surface area contributed by atoms with Crippen molar-refractivity contribution < 1.29 is 14.6 Å². The van der Waals surface area contributed by atoms with Crippen molar-refractivity contribution in [2.24, 2.45) is 5.41 Å². The number of aliphatic hydroxyl groups excluding tert-OH is 1. The molecule has 1 amide bonds. The van der Waals surface area contributed by atoms with Crippen molar-refractivity contribution in [1.29, 1.82) is 0 Å². The first-order chi connectivity index (χ1) is 8.61. The highest BCUT2D eigenvalue weighted by molar-refractivity contribution is 5.83. The minimum atomic E-state index is -0.239. The molecule has 2 rings (SSSR count). The normalized spacial score (nSPS) is 36.9. The smallest absolute Gasteiger partial charge is 0.230 e. The van der Waals surface area contributed by atoms with Gasteiger partial charge in [-0.1, -0.05) is 6.92 Å². The highest BCUT2D eigenvalue weighted by atomic mass is 16.5. The maximum absolute atomic E-state index is 12.7. The number of nitrogens with zero attached hydrogens (tertiary/aromatic N) is 1. The van der Waals surface area contributed by atoms with Crippen LogP contribution in [0.25, 0.3) is 0 Å². The Kier molecular flexibility index (Phi) is 4.25. The van der Waals surface area contributed by atoms with Crippen LogP contribution in [-0.2, 0) is 9.53 Å². The Morgan fingerprint density at radius 2 is 2.33 bits per heavy atom. The van der Waals surface area contributed by atoms with Gasteiger partial charge in [0.05, 0.1) is 24.2 Å². The molecule has 3 atom stereocenters. The predicted octanol–water partition coefficient (Wildman–Crippen LogP) is -0.0157. The zero-order valence-corrected chi connectivity index (χ0v) is 11.3. The van der Waals surface area contributed by atoms with E-state index < -0.39 is 0 Å². The molecule has 2 N–H and O–H groups in total. The number of hydrogen-bond acceptors (Lipinski definition) is 4. The highest BCUT2D eigenvalue weighted by Crippen LogP contribution is 2.32. The SMILES string of the molecule is CCC1(C(=O)N2CC(C)OC(CO)C2)CCNC1. The molecular weight excluding hydrogens is 232 g/mol. The molecule has 2 aliphatic heterocycles. The monoisotopic (exact) mass is 256 g/mol. The molecule has 2 fully saturated rings. The van der Waals surface area contributed by atoms with E-state index in [-0.39, 0.29) is 30.1 Å². The zero-order chi connectivity index (χ0) is 13.2. The standard InChI is InChI=1S/C13H24N2O3/c1-3-13(4-5-14-9-13)12(17)15-6-10(2)18-11(7-15)8-16/h10-11,14,16H,3-9H2,1-2H3. The second-order valence-corrected chi connectivity index (χ2v) is 5.52. The lowest BCUT2D eigenvalue weighted by Gasteiger charge is -2.40. The van der Waals surface area contributed by atoms with Crippen LogP contribution in [0.2, 0.25) is 0 Å². The minimum Gasteiger partial charge on any atom is -0.394 e. The van der Waals surface area contributed by atoms with Gasteiger partial charge in [-0.15, -0.1) is 0 Å². The molecule has 0 radical (unpaired) electrons. The lowest BCUT2D eigenvalue weighted by atomic mass is 9.82. The zero-order valence-electron chi connectivity index (χ0n) is 11.3. The van der Waals surface area contributed by atoms with Crippen molar-refractivity contribution >= 4 is 5.91 Å². The second kappa shape index (κ2) is 5.55. The number of hydrogen-bond donors (Lipinski definition) is 2. The molecule has 0 bridgehead atoms. The van der Waals surface area contributed by atoms with Gasteiger partial charge in [-0.25, -0.2) is 0 Å². The first kappa shape index (κ1) is 13.8. The molecule has 0 aromatic heterocycles. The largest absolute Gasteiger partial charge is 0.394 e. The molecule has 0 aromatic carbocycles. The Morgan fingerprint density at radius 3 is 2.89 bits per heavy atom. The maximum Gasteiger partial charge on any atom is 0.230 e. The fourth-order valence-corrected chi connectivity index (χ4v) is 3.03. The molecule has 18 heavy (non-hydrogen) atoms. The summed E-state index contributed by atoms with van der Waals surface area (Å²) < 4.78 is 5.59. The predicted molar refractivity (Wildman–Crippen MR) is 68.2 cm³/mol. The summed E-state index contributed by atoms with van der Waals surface area (Å²) in [5.41, 5.74) is -0.239. The van der Waals surface area contributed by atoms with Gasteiger partial charge in [-0.3, -0.25) is 4.79 Å². The first-order valence-corrected chi connectivity index (χ1v) is 6.87. The number of rotatable bonds is 3. The van der Waals surface area contributed by atoms with Crippen LogP contribution in [0.4, 0.5) is 0 Å². The van der Waals surface area contributed by atoms with Crippen LogP contribution < -0.4 is 5.32 Å². The summed E-state index contributed by atoms with van der Waals surface area (Å²) in [6.07, 6.45) is 1.55. The summed E-state index contributed by atoms with van der Waals surface area (Å²) >= 11 is 0. The Bertz CT molecular complexity index is 303. The topological polar surface area (TPSA) is 61.8 Å². The van der Waals surface area contributed by atoms with Crippen molar-refractivity contribution in [3.63, 3.8) is 0 Å². The molecular formula is C13H24N2O3. The molecule has 2 saturated heterocycles. The Balaban J connectivity index is 2.07. The van der Waals surface area contributed by atoms with E-state index in [4.69, 9.17) is 4.74 Å². The van der Waals surface area contributed by atoms with Crippen LogP contribution in [0.5, 0.6) is 0 Å². The van der Waals surface area contributed by atoms with Crippen LogP contribution in [0, 0.1) is 5.41 Å². The molecule has 2 heterocycles. The van der Waals surface area contributed by atoms with Crippen molar-refractivity contribution in [3.05, 3.63) is 0 Å². The summed E-state index contributed by atoms with van der Waals surface area (Å²) in [5.74, 6) is 0.226. The summed E-state index contributed by atoms with van der Waals surface area (Å²) in [6, 6.07) is 0. The Morgan fingerprint density at radius 1 is 1.56 bits per heavy atom. The number of nitrogens with one attached hydrogen (secondary N) is 1. The van der Waals surface area contributed by atoms with E-state index in [9.17, 15) is 9.90 Å². The summed E-state index contributed by atoms with van der Waals surface area (Å²) in [6.45, 7) is 6.86. The average Bonchev–Trinajstić information content (AvgIpc) is 2.87. The van der Waals surface area contributed by atoms with Gasteiger partial charge < -0.3 is 20.1 Å². The number of carbonyl (C=O) groups is 1. The van der Waals surface area contributed by atoms with Gasteiger partial charge in [0.15, 0.2) is 0 Å². The quantitative estimate of drug-likeness (QED) is 0.745. The van der Waals surface area contributed by atoms with E-state index in [1.807, 2.05) is 11.8 Å². The lowest BCUT2D eigenvalue weighted by Crippen LogP contribution is -2.55. The van der Waals surface area contributed by atoms with Crippen LogP contribution in [0.15, 0.2) is 0 Å². The van der Waals surface area contributed by atoms with E-state index in [0.29, 0.717) is 13.1 Å². The van der Waals surface area contributed by atoms with Crippen molar-refractivity contribution in [1.82, 2.24) is 10.2 Å². The third-order valence-corrected chi connectivity index (χ3v) is 4.19.